The lowest BCUT2D eigenvalue weighted by Gasteiger charge is -2.39. The molecule has 1 aromatic heterocycles. The summed E-state index contributed by atoms with van der Waals surface area (Å²) in [5.41, 5.74) is 3.61. The molecule has 0 spiro atoms. The summed E-state index contributed by atoms with van der Waals surface area (Å²) < 4.78 is 27.5. The molecule has 0 aliphatic carbocycles. The van der Waals surface area contributed by atoms with Gasteiger partial charge < -0.3 is 9.47 Å². The maximum Gasteiger partial charge on any atom is 0.181 e. The maximum absolute atomic E-state index is 7.68. The van der Waals surface area contributed by atoms with Gasteiger partial charge >= 0.3 is 0 Å². The van der Waals surface area contributed by atoms with Crippen LogP contribution in [0.3, 0.4) is 0 Å². The average Bonchev–Trinajstić information content (AvgIpc) is 2.81. The van der Waals surface area contributed by atoms with Gasteiger partial charge in [-0.05, 0) is 30.3 Å². The van der Waals surface area contributed by atoms with Gasteiger partial charge in [0.15, 0.2) is 5.60 Å². The highest BCUT2D eigenvalue weighted by molar-refractivity contribution is 5.82. The van der Waals surface area contributed by atoms with Crippen LogP contribution in [-0.4, -0.2) is 17.1 Å². The summed E-state index contributed by atoms with van der Waals surface area (Å²) in [7, 11) is 1.63. The molecule has 1 atom stereocenters. The Hall–Kier alpha value is -3.66. The predicted octanol–water partition coefficient (Wildman–Crippen LogP) is 5.52. The first-order chi connectivity index (χ1) is 15.1. The van der Waals surface area contributed by atoms with Crippen molar-refractivity contribution in [2.45, 2.75) is 12.0 Å². The number of fused-ring (bicyclic) bond motifs is 4. The molecule has 0 unspecified atom stereocenters. The Kier molecular flexibility index (Phi) is 3.55. The summed E-state index contributed by atoms with van der Waals surface area (Å²) in [6, 6.07) is 23.2. The molecule has 0 fully saturated rings. The third-order valence-corrected chi connectivity index (χ3v) is 5.31. The Labute approximate surface area is 172 Å². The van der Waals surface area contributed by atoms with Crippen LogP contribution in [0.25, 0.3) is 22.3 Å². The van der Waals surface area contributed by atoms with Crippen molar-refractivity contribution in [3.05, 3.63) is 96.7 Å². The van der Waals surface area contributed by atoms with Crippen molar-refractivity contribution >= 4 is 11.0 Å². The smallest absolute Gasteiger partial charge is 0.181 e. The van der Waals surface area contributed by atoms with Gasteiger partial charge in [-0.2, -0.15) is 0 Å². The zero-order valence-corrected chi connectivity index (χ0v) is 15.9. The lowest BCUT2D eigenvalue weighted by Crippen LogP contribution is -2.38. The van der Waals surface area contributed by atoms with Crippen molar-refractivity contribution in [1.82, 2.24) is 9.97 Å². The molecule has 5 rings (SSSR count). The molecule has 3 aromatic carbocycles. The normalized spacial score (nSPS) is 18.0. The highest BCUT2D eigenvalue weighted by Crippen LogP contribution is 2.49. The Morgan fingerprint density at radius 1 is 1.03 bits per heavy atom. The van der Waals surface area contributed by atoms with E-state index in [0.717, 1.165) is 22.2 Å². The van der Waals surface area contributed by atoms with E-state index in [4.69, 9.17) is 22.2 Å². The monoisotopic (exact) mass is 382 g/mol. The van der Waals surface area contributed by atoms with Crippen molar-refractivity contribution in [3.63, 3.8) is 0 Å². The van der Waals surface area contributed by atoms with Gasteiger partial charge in [0.25, 0.3) is 0 Å². The molecule has 4 aromatic rings. The lowest BCUT2D eigenvalue weighted by atomic mass is 9.82. The van der Waals surface area contributed by atoms with Crippen molar-refractivity contribution in [1.29, 1.82) is 0 Å². The van der Waals surface area contributed by atoms with E-state index in [1.165, 1.54) is 0 Å². The van der Waals surface area contributed by atoms with E-state index in [9.17, 15) is 0 Å². The number of rotatable bonds is 4. The van der Waals surface area contributed by atoms with Gasteiger partial charge in [-0.3, -0.25) is 0 Å². The second-order valence-corrected chi connectivity index (χ2v) is 6.97. The van der Waals surface area contributed by atoms with Crippen LogP contribution in [0.4, 0.5) is 0 Å². The van der Waals surface area contributed by atoms with Crippen LogP contribution < -0.4 is 9.47 Å². The first kappa shape index (κ1) is 15.3. The standard InChI is InChI=1S/C25H20N2O2/c1-3-15-25(17-9-5-4-6-10-17)24-23(26-20-11-7-8-12-21(20)27-24)19-16-18(28-2)13-14-22(19)29-25/h3-14,16H,1,15H2,2H3/t25-/m0/s1/i1D2. The van der Waals surface area contributed by atoms with Crippen molar-refractivity contribution in [2.75, 3.05) is 7.11 Å². The van der Waals surface area contributed by atoms with Crippen LogP contribution in [0.1, 0.15) is 20.4 Å². The number of hydrogen-bond donors (Lipinski definition) is 0. The molecule has 0 radical (unpaired) electrons. The van der Waals surface area contributed by atoms with E-state index < -0.39 is 5.60 Å². The van der Waals surface area contributed by atoms with Crippen LogP contribution in [0.5, 0.6) is 11.5 Å². The van der Waals surface area contributed by atoms with Gasteiger partial charge in [0.2, 0.25) is 0 Å². The molecule has 4 heteroatoms. The Balaban J connectivity index is 1.86. The molecule has 1 aliphatic rings. The molecule has 1 aliphatic heterocycles. The fourth-order valence-electron chi connectivity index (χ4n) is 3.92. The number of methoxy groups -OCH3 is 1. The molecule has 0 N–H and O–H groups in total. The van der Waals surface area contributed by atoms with E-state index >= 15 is 0 Å². The first-order valence-electron chi connectivity index (χ1n) is 10.4. The Morgan fingerprint density at radius 2 is 1.79 bits per heavy atom. The molecule has 29 heavy (non-hydrogen) atoms. The summed E-state index contributed by atoms with van der Waals surface area (Å²) in [5.74, 6) is 1.36. The number of nitrogens with zero attached hydrogens (tertiary/aromatic N) is 2. The number of para-hydroxylation sites is 2. The van der Waals surface area contributed by atoms with Crippen molar-refractivity contribution < 1.29 is 12.2 Å². The summed E-state index contributed by atoms with van der Waals surface area (Å²) in [6.07, 6.45) is 1.83. The summed E-state index contributed by atoms with van der Waals surface area (Å²) in [6.45, 7) is -0.269. The second kappa shape index (κ2) is 6.74. The highest BCUT2D eigenvalue weighted by Gasteiger charge is 2.44. The van der Waals surface area contributed by atoms with Gasteiger partial charge in [-0.1, -0.05) is 48.5 Å². The van der Waals surface area contributed by atoms with E-state index in [2.05, 4.69) is 0 Å². The molecule has 0 saturated carbocycles. The Morgan fingerprint density at radius 3 is 2.55 bits per heavy atom. The minimum absolute atomic E-state index is 0.269. The van der Waals surface area contributed by atoms with Gasteiger partial charge in [0.1, 0.15) is 22.9 Å². The maximum atomic E-state index is 7.68. The van der Waals surface area contributed by atoms with Crippen LogP contribution in [0, 0.1) is 0 Å². The quantitative estimate of drug-likeness (QED) is 0.436. The van der Waals surface area contributed by atoms with Gasteiger partial charge in [-0.15, -0.1) is 6.53 Å². The Bertz CT molecular complexity index is 1300. The molecule has 0 saturated heterocycles. The predicted molar refractivity (Wildman–Crippen MR) is 114 cm³/mol. The van der Waals surface area contributed by atoms with Crippen LogP contribution in [0.15, 0.2) is 85.4 Å². The fraction of sp³-hybridized carbons (Fsp3) is 0.120. The van der Waals surface area contributed by atoms with Crippen molar-refractivity contribution in [2.24, 2.45) is 0 Å². The minimum atomic E-state index is -1.01. The van der Waals surface area contributed by atoms with E-state index in [1.807, 2.05) is 72.8 Å². The zero-order chi connectivity index (χ0) is 21.4. The SMILES string of the molecule is [2H]C([2H])=CC[C@@]1(c2ccccc2)Oc2ccc(OC)cc2-c2nc3ccccc3nc21. The third-order valence-electron chi connectivity index (χ3n) is 5.31. The molecule has 2 heterocycles. The van der Waals surface area contributed by atoms with Crippen molar-refractivity contribution in [3.8, 4) is 22.8 Å². The third kappa shape index (κ3) is 2.68. The molecular weight excluding hydrogens is 360 g/mol. The molecule has 0 bridgehead atoms. The molecule has 4 nitrogen and oxygen atoms in total. The lowest BCUT2D eigenvalue weighted by molar-refractivity contribution is 0.106. The number of hydrogen-bond acceptors (Lipinski definition) is 4. The fourth-order valence-corrected chi connectivity index (χ4v) is 3.92. The first-order valence-corrected chi connectivity index (χ1v) is 9.44. The van der Waals surface area contributed by atoms with Crippen LogP contribution in [0.2, 0.25) is 0 Å². The van der Waals surface area contributed by atoms with Crippen LogP contribution in [-0.2, 0) is 5.60 Å². The largest absolute Gasteiger partial charge is 0.497 e. The molecule has 142 valence electrons. The van der Waals surface area contributed by atoms with Gasteiger partial charge in [0, 0.05) is 17.5 Å². The van der Waals surface area contributed by atoms with E-state index in [-0.39, 0.29) is 13.0 Å². The zero-order valence-electron chi connectivity index (χ0n) is 17.9. The topological polar surface area (TPSA) is 44.2 Å². The minimum Gasteiger partial charge on any atom is -0.497 e. The molecule has 0 amide bonds. The number of benzene rings is 3. The van der Waals surface area contributed by atoms with Crippen LogP contribution >= 0.6 is 0 Å². The summed E-state index contributed by atoms with van der Waals surface area (Å²) in [4.78, 5) is 9.97. The highest BCUT2D eigenvalue weighted by atomic mass is 16.5. The number of ether oxygens (including phenoxy) is 2. The summed E-state index contributed by atoms with van der Waals surface area (Å²) in [5, 5.41) is 0. The van der Waals surface area contributed by atoms with E-state index in [0.29, 0.717) is 22.9 Å². The van der Waals surface area contributed by atoms with Gasteiger partial charge in [-0.25, -0.2) is 9.97 Å². The average molecular weight is 382 g/mol. The summed E-state index contributed by atoms with van der Waals surface area (Å²) >= 11 is 0. The van der Waals surface area contributed by atoms with Gasteiger partial charge in [0.05, 0.1) is 20.9 Å². The number of aromatic nitrogens is 2. The molecular formula is C25H20N2O2. The van der Waals surface area contributed by atoms with E-state index in [1.54, 1.807) is 13.2 Å². The second-order valence-electron chi connectivity index (χ2n) is 6.97.